The van der Waals surface area contributed by atoms with E-state index in [0.717, 1.165) is 24.3 Å². The Hall–Kier alpha value is -2.59. The molecule has 0 spiro atoms. The van der Waals surface area contributed by atoms with Gasteiger partial charge in [-0.1, -0.05) is 37.3 Å². The summed E-state index contributed by atoms with van der Waals surface area (Å²) in [5.41, 5.74) is 0.529. The highest BCUT2D eigenvalue weighted by Gasteiger charge is 2.32. The summed E-state index contributed by atoms with van der Waals surface area (Å²) >= 11 is 0. The first-order valence-electron chi connectivity index (χ1n) is 8.04. The number of carbonyl (C=O) groups is 1. The van der Waals surface area contributed by atoms with Gasteiger partial charge in [0.05, 0.1) is 24.0 Å². The smallest absolute Gasteiger partial charge is 0.469 e. The SMILES string of the molecule is COC(=O)[C@H](C)[C@H](NS(=O)(=O)c1ccc(OC(F)(F)F)cc1)c1ccccc1. The standard InChI is InChI=1S/C18H18F3NO5S/c1-12(17(23)26-2)16(13-6-4-3-5-7-13)22-28(24,25)15-10-8-14(9-11-15)27-18(19,20)21/h3-12,16,22H,1-2H3/t12-,16+/m1/s1. The number of esters is 1. The summed E-state index contributed by atoms with van der Waals surface area (Å²) in [6, 6.07) is 11.2. The zero-order valence-electron chi connectivity index (χ0n) is 14.9. The molecule has 0 heterocycles. The molecule has 0 aromatic heterocycles. The maximum absolute atomic E-state index is 12.7. The normalized spacial score (nSPS) is 14.2. The number of hydrogen-bond acceptors (Lipinski definition) is 5. The molecular formula is C18H18F3NO5S. The molecule has 0 saturated heterocycles. The molecule has 10 heteroatoms. The van der Waals surface area contributed by atoms with Crippen LogP contribution in [0.1, 0.15) is 18.5 Å². The Labute approximate surface area is 160 Å². The first-order valence-corrected chi connectivity index (χ1v) is 9.53. The van der Waals surface area contributed by atoms with E-state index < -0.39 is 40.1 Å². The van der Waals surface area contributed by atoms with E-state index in [-0.39, 0.29) is 4.90 Å². The average Bonchev–Trinajstić information content (AvgIpc) is 2.65. The monoisotopic (exact) mass is 417 g/mol. The van der Waals surface area contributed by atoms with Gasteiger partial charge in [-0.3, -0.25) is 4.79 Å². The third-order valence-corrected chi connectivity index (χ3v) is 5.34. The van der Waals surface area contributed by atoms with Gasteiger partial charge in [0.25, 0.3) is 0 Å². The van der Waals surface area contributed by atoms with Crippen molar-refractivity contribution in [3.05, 3.63) is 60.2 Å². The van der Waals surface area contributed by atoms with Gasteiger partial charge in [0.2, 0.25) is 10.0 Å². The lowest BCUT2D eigenvalue weighted by Crippen LogP contribution is -2.36. The van der Waals surface area contributed by atoms with E-state index in [4.69, 9.17) is 4.74 Å². The highest BCUT2D eigenvalue weighted by Crippen LogP contribution is 2.27. The summed E-state index contributed by atoms with van der Waals surface area (Å²) in [7, 11) is -2.96. The summed E-state index contributed by atoms with van der Waals surface area (Å²) in [6.45, 7) is 1.51. The summed E-state index contributed by atoms with van der Waals surface area (Å²) < 4.78 is 73.0. The van der Waals surface area contributed by atoms with Crippen LogP contribution in [0.15, 0.2) is 59.5 Å². The number of benzene rings is 2. The largest absolute Gasteiger partial charge is 0.573 e. The van der Waals surface area contributed by atoms with Crippen molar-refractivity contribution < 1.29 is 35.9 Å². The van der Waals surface area contributed by atoms with Crippen molar-refractivity contribution in [1.82, 2.24) is 4.72 Å². The minimum absolute atomic E-state index is 0.278. The van der Waals surface area contributed by atoms with Crippen LogP contribution in [0.4, 0.5) is 13.2 Å². The van der Waals surface area contributed by atoms with Gasteiger partial charge < -0.3 is 9.47 Å². The molecule has 6 nitrogen and oxygen atoms in total. The Kier molecular flexibility index (Phi) is 6.68. The molecule has 0 aliphatic heterocycles. The minimum atomic E-state index is -4.88. The number of sulfonamides is 1. The molecule has 0 saturated carbocycles. The molecule has 0 amide bonds. The predicted molar refractivity (Wildman–Crippen MR) is 93.8 cm³/mol. The fraction of sp³-hybridized carbons (Fsp3) is 0.278. The molecule has 2 atom stereocenters. The molecule has 0 bridgehead atoms. The van der Waals surface area contributed by atoms with Gasteiger partial charge in [-0.15, -0.1) is 13.2 Å². The summed E-state index contributed by atoms with van der Waals surface area (Å²) in [5.74, 6) is -2.02. The highest BCUT2D eigenvalue weighted by molar-refractivity contribution is 7.89. The number of ether oxygens (including phenoxy) is 2. The van der Waals surface area contributed by atoms with Crippen LogP contribution < -0.4 is 9.46 Å². The molecule has 1 N–H and O–H groups in total. The first kappa shape index (κ1) is 21.7. The lowest BCUT2D eigenvalue weighted by molar-refractivity contribution is -0.274. The molecule has 28 heavy (non-hydrogen) atoms. The average molecular weight is 417 g/mol. The summed E-state index contributed by atoms with van der Waals surface area (Å²) in [6.07, 6.45) is -4.88. The molecule has 152 valence electrons. The van der Waals surface area contributed by atoms with Crippen LogP contribution in [0.2, 0.25) is 0 Å². The zero-order chi connectivity index (χ0) is 20.9. The van der Waals surface area contributed by atoms with E-state index in [0.29, 0.717) is 5.56 Å². The number of carbonyl (C=O) groups excluding carboxylic acids is 1. The van der Waals surface area contributed by atoms with Crippen molar-refractivity contribution in [3.8, 4) is 5.75 Å². The highest BCUT2D eigenvalue weighted by atomic mass is 32.2. The number of methoxy groups -OCH3 is 1. The molecule has 0 aliphatic carbocycles. The van der Waals surface area contributed by atoms with Crippen molar-refractivity contribution in [2.45, 2.75) is 24.2 Å². The fourth-order valence-corrected chi connectivity index (χ4v) is 3.80. The van der Waals surface area contributed by atoms with E-state index in [2.05, 4.69) is 9.46 Å². The Bertz CT molecular complexity index is 899. The molecule has 2 rings (SSSR count). The molecule has 0 aliphatic rings. The Balaban J connectivity index is 2.30. The lowest BCUT2D eigenvalue weighted by atomic mass is 9.95. The van der Waals surface area contributed by atoms with E-state index in [1.165, 1.54) is 14.0 Å². The van der Waals surface area contributed by atoms with E-state index >= 15 is 0 Å². The second kappa shape index (κ2) is 8.61. The van der Waals surface area contributed by atoms with Crippen molar-refractivity contribution >= 4 is 16.0 Å². The van der Waals surface area contributed by atoms with Crippen molar-refractivity contribution in [1.29, 1.82) is 0 Å². The van der Waals surface area contributed by atoms with E-state index in [1.807, 2.05) is 0 Å². The molecule has 0 fully saturated rings. The summed E-state index contributed by atoms with van der Waals surface area (Å²) in [4.78, 5) is 11.7. The van der Waals surface area contributed by atoms with Gasteiger partial charge in [-0.25, -0.2) is 13.1 Å². The van der Waals surface area contributed by atoms with Crippen molar-refractivity contribution in [2.24, 2.45) is 5.92 Å². The van der Waals surface area contributed by atoms with Crippen LogP contribution >= 0.6 is 0 Å². The van der Waals surface area contributed by atoms with Gasteiger partial charge in [0.1, 0.15) is 5.75 Å². The Morgan fingerprint density at radius 1 is 1.04 bits per heavy atom. The van der Waals surface area contributed by atoms with Gasteiger partial charge in [-0.2, -0.15) is 0 Å². The van der Waals surface area contributed by atoms with E-state index in [9.17, 15) is 26.4 Å². The van der Waals surface area contributed by atoms with Crippen LogP contribution in [0, 0.1) is 5.92 Å². The quantitative estimate of drug-likeness (QED) is 0.699. The number of halogens is 3. The Morgan fingerprint density at radius 3 is 2.11 bits per heavy atom. The second-order valence-electron chi connectivity index (χ2n) is 5.84. The molecule has 0 unspecified atom stereocenters. The lowest BCUT2D eigenvalue weighted by Gasteiger charge is -2.24. The molecule has 0 radical (unpaired) electrons. The van der Waals surface area contributed by atoms with Crippen LogP contribution in [-0.4, -0.2) is 27.9 Å². The number of alkyl halides is 3. The van der Waals surface area contributed by atoms with Crippen molar-refractivity contribution in [3.63, 3.8) is 0 Å². The topological polar surface area (TPSA) is 81.7 Å². The third kappa shape index (κ3) is 5.70. The van der Waals surface area contributed by atoms with Gasteiger partial charge in [0.15, 0.2) is 0 Å². The molecular weight excluding hydrogens is 399 g/mol. The molecule has 2 aromatic carbocycles. The fourth-order valence-electron chi connectivity index (χ4n) is 2.50. The summed E-state index contributed by atoms with van der Waals surface area (Å²) in [5, 5.41) is 0. The number of rotatable bonds is 7. The second-order valence-corrected chi connectivity index (χ2v) is 7.55. The zero-order valence-corrected chi connectivity index (χ0v) is 15.8. The Morgan fingerprint density at radius 2 is 1.61 bits per heavy atom. The minimum Gasteiger partial charge on any atom is -0.469 e. The van der Waals surface area contributed by atoms with Crippen LogP contribution in [0.3, 0.4) is 0 Å². The maximum atomic E-state index is 12.7. The predicted octanol–water partition coefficient (Wildman–Crippen LogP) is 3.41. The van der Waals surface area contributed by atoms with Gasteiger partial charge >= 0.3 is 12.3 Å². The van der Waals surface area contributed by atoms with Crippen LogP contribution in [-0.2, 0) is 19.6 Å². The first-order chi connectivity index (χ1) is 13.0. The van der Waals surface area contributed by atoms with Gasteiger partial charge in [0, 0.05) is 0 Å². The third-order valence-electron chi connectivity index (χ3n) is 3.88. The number of nitrogens with one attached hydrogen (secondary N) is 1. The molecule has 2 aromatic rings. The van der Waals surface area contributed by atoms with Crippen LogP contribution in [0.5, 0.6) is 5.75 Å². The van der Waals surface area contributed by atoms with E-state index in [1.54, 1.807) is 30.3 Å². The van der Waals surface area contributed by atoms with Crippen LogP contribution in [0.25, 0.3) is 0 Å². The van der Waals surface area contributed by atoms with Crippen molar-refractivity contribution in [2.75, 3.05) is 7.11 Å². The number of hydrogen-bond donors (Lipinski definition) is 1. The maximum Gasteiger partial charge on any atom is 0.573 e. The van der Waals surface area contributed by atoms with Gasteiger partial charge in [-0.05, 0) is 29.8 Å².